The van der Waals surface area contributed by atoms with Crippen molar-refractivity contribution in [3.63, 3.8) is 0 Å². The maximum Gasteiger partial charge on any atom is 0.340 e. The van der Waals surface area contributed by atoms with Crippen LogP contribution in [0.4, 0.5) is 0 Å². The van der Waals surface area contributed by atoms with Crippen molar-refractivity contribution in [1.82, 2.24) is 4.98 Å². The number of hydrogen-bond acceptors (Lipinski definition) is 4. The zero-order valence-corrected chi connectivity index (χ0v) is 18.6. The average Bonchev–Trinajstić information content (AvgIpc) is 2.67. The molecule has 1 aromatic rings. The summed E-state index contributed by atoms with van der Waals surface area (Å²) in [4.78, 5) is 21.3. The summed E-state index contributed by atoms with van der Waals surface area (Å²) in [6.45, 7) is 8.57. The van der Waals surface area contributed by atoms with Crippen molar-refractivity contribution in [1.29, 1.82) is 0 Å². The van der Waals surface area contributed by atoms with Gasteiger partial charge in [0.2, 0.25) is 8.32 Å². The molecule has 1 heterocycles. The topological polar surface area (TPSA) is 48.4 Å². The number of rotatable bonds is 14. The standard InChI is InChI=1S/C22H37NO3Si/c1-5-7-11-20(12-9-13-21-14-10-17-23-19-21)15-16-22(24)25-26-27(3,4)18-8-6-2/h9-10,13-14,17,19-20H,5-8,11-12,15-16,18H2,1-4H3. The Labute approximate surface area is 166 Å². The van der Waals surface area contributed by atoms with Gasteiger partial charge in [0.05, 0.1) is 0 Å². The highest BCUT2D eigenvalue weighted by molar-refractivity contribution is 6.70. The summed E-state index contributed by atoms with van der Waals surface area (Å²) in [6, 6.07) is 5.01. The first-order valence-corrected chi connectivity index (χ1v) is 13.5. The lowest BCUT2D eigenvalue weighted by molar-refractivity contribution is -0.220. The molecule has 4 nitrogen and oxygen atoms in total. The van der Waals surface area contributed by atoms with E-state index in [0.29, 0.717) is 12.3 Å². The molecule has 0 amide bonds. The fourth-order valence-corrected chi connectivity index (χ4v) is 4.52. The molecule has 152 valence electrons. The minimum Gasteiger partial charge on any atom is -0.310 e. The molecule has 0 aliphatic heterocycles. The predicted molar refractivity (Wildman–Crippen MR) is 115 cm³/mol. The summed E-state index contributed by atoms with van der Waals surface area (Å²) in [6.07, 6.45) is 15.9. The number of pyridine rings is 1. The molecule has 0 radical (unpaired) electrons. The highest BCUT2D eigenvalue weighted by atomic mass is 28.4. The van der Waals surface area contributed by atoms with Crippen LogP contribution in [0.15, 0.2) is 30.6 Å². The Bertz CT molecular complexity index is 546. The third-order valence-electron chi connectivity index (χ3n) is 4.68. The molecule has 0 bridgehead atoms. The SMILES string of the molecule is CCCCC(CC=Cc1cccnc1)CCC(=O)OO[Si](C)(C)CCCC. The molecule has 5 heteroatoms. The zero-order valence-electron chi connectivity index (χ0n) is 17.6. The molecule has 0 aliphatic carbocycles. The lowest BCUT2D eigenvalue weighted by Crippen LogP contribution is -2.31. The van der Waals surface area contributed by atoms with Crippen molar-refractivity contribution in [2.24, 2.45) is 5.92 Å². The van der Waals surface area contributed by atoms with Crippen LogP contribution in [0.1, 0.15) is 70.8 Å². The van der Waals surface area contributed by atoms with E-state index in [1.807, 2.05) is 18.3 Å². The van der Waals surface area contributed by atoms with Crippen LogP contribution in [0.25, 0.3) is 6.08 Å². The molecule has 1 rings (SSSR count). The maximum atomic E-state index is 12.1. The lowest BCUT2D eigenvalue weighted by Gasteiger charge is -2.20. The van der Waals surface area contributed by atoms with Crippen LogP contribution in [0.3, 0.4) is 0 Å². The normalized spacial score (nSPS) is 13.0. The summed E-state index contributed by atoms with van der Waals surface area (Å²) in [5.74, 6) is 0.264. The van der Waals surface area contributed by atoms with E-state index in [9.17, 15) is 4.79 Å². The molecular formula is C22H37NO3Si. The van der Waals surface area contributed by atoms with E-state index in [2.05, 4.69) is 44.1 Å². The minimum absolute atomic E-state index is 0.232. The summed E-state index contributed by atoms with van der Waals surface area (Å²) < 4.78 is 5.51. The van der Waals surface area contributed by atoms with E-state index in [1.54, 1.807) is 6.20 Å². The van der Waals surface area contributed by atoms with Gasteiger partial charge in [-0.25, -0.2) is 9.37 Å². The molecule has 0 fully saturated rings. The average molecular weight is 392 g/mol. The van der Waals surface area contributed by atoms with Crippen LogP contribution < -0.4 is 0 Å². The Morgan fingerprint density at radius 2 is 2.00 bits per heavy atom. The van der Waals surface area contributed by atoms with Crippen molar-refractivity contribution >= 4 is 20.4 Å². The largest absolute Gasteiger partial charge is 0.340 e. The Kier molecular flexibility index (Phi) is 11.9. The van der Waals surface area contributed by atoms with Crippen LogP contribution in [0, 0.1) is 5.92 Å². The van der Waals surface area contributed by atoms with Crippen molar-refractivity contribution in [2.75, 3.05) is 0 Å². The van der Waals surface area contributed by atoms with E-state index in [0.717, 1.165) is 43.7 Å². The lowest BCUT2D eigenvalue weighted by atomic mass is 9.93. The molecule has 1 atom stereocenters. The van der Waals surface area contributed by atoms with Crippen LogP contribution in [0.2, 0.25) is 19.1 Å². The fraction of sp³-hybridized carbons (Fsp3) is 0.636. The monoisotopic (exact) mass is 391 g/mol. The highest BCUT2D eigenvalue weighted by Crippen LogP contribution is 2.21. The molecular weight excluding hydrogens is 354 g/mol. The molecule has 0 aromatic carbocycles. The number of nitrogens with zero attached hydrogens (tertiary/aromatic N) is 1. The van der Waals surface area contributed by atoms with E-state index in [4.69, 9.17) is 9.46 Å². The van der Waals surface area contributed by atoms with Gasteiger partial charge in [-0.05, 0) is 49.5 Å². The number of allylic oxidation sites excluding steroid dienone is 1. The molecule has 27 heavy (non-hydrogen) atoms. The summed E-state index contributed by atoms with van der Waals surface area (Å²) >= 11 is 0. The third-order valence-corrected chi connectivity index (χ3v) is 6.77. The van der Waals surface area contributed by atoms with Crippen LogP contribution in [-0.4, -0.2) is 19.3 Å². The first-order chi connectivity index (χ1) is 13.0. The van der Waals surface area contributed by atoms with E-state index >= 15 is 0 Å². The van der Waals surface area contributed by atoms with Crippen molar-refractivity contribution in [3.8, 4) is 0 Å². The van der Waals surface area contributed by atoms with E-state index in [-0.39, 0.29) is 5.97 Å². The smallest absolute Gasteiger partial charge is 0.310 e. The zero-order chi connectivity index (χ0) is 20.0. The van der Waals surface area contributed by atoms with E-state index in [1.165, 1.54) is 12.8 Å². The maximum absolute atomic E-state index is 12.1. The van der Waals surface area contributed by atoms with Crippen LogP contribution in [0.5, 0.6) is 0 Å². The van der Waals surface area contributed by atoms with Crippen molar-refractivity contribution in [3.05, 3.63) is 36.2 Å². The first kappa shape index (κ1) is 23.6. The van der Waals surface area contributed by atoms with Crippen LogP contribution >= 0.6 is 0 Å². The van der Waals surface area contributed by atoms with Crippen molar-refractivity contribution < 1.29 is 14.3 Å². The second-order valence-electron chi connectivity index (χ2n) is 7.87. The van der Waals surface area contributed by atoms with Gasteiger partial charge in [-0.15, -0.1) is 0 Å². The van der Waals surface area contributed by atoms with Gasteiger partial charge in [-0.2, -0.15) is 0 Å². The second-order valence-corrected chi connectivity index (χ2v) is 12.1. The van der Waals surface area contributed by atoms with Crippen LogP contribution in [-0.2, 0) is 14.3 Å². The predicted octanol–water partition coefficient (Wildman–Crippen LogP) is 6.55. The Balaban J connectivity index is 2.39. The summed E-state index contributed by atoms with van der Waals surface area (Å²) in [5, 5.41) is 0. The molecule has 0 aliphatic rings. The quantitative estimate of drug-likeness (QED) is 0.205. The number of hydrogen-bond donors (Lipinski definition) is 0. The molecule has 0 spiro atoms. The first-order valence-electron chi connectivity index (χ1n) is 10.4. The van der Waals surface area contributed by atoms with Gasteiger partial charge in [-0.1, -0.05) is 64.2 Å². The van der Waals surface area contributed by atoms with Crippen molar-refractivity contribution in [2.45, 2.75) is 84.4 Å². The van der Waals surface area contributed by atoms with Gasteiger partial charge in [0, 0.05) is 18.8 Å². The molecule has 1 aromatic heterocycles. The number of aromatic nitrogens is 1. The number of carbonyl (C=O) groups is 1. The Hall–Kier alpha value is -1.46. The number of unbranched alkanes of at least 4 members (excludes halogenated alkanes) is 2. The van der Waals surface area contributed by atoms with E-state index < -0.39 is 8.32 Å². The molecule has 1 unspecified atom stereocenters. The van der Waals surface area contributed by atoms with Gasteiger partial charge in [0.1, 0.15) is 0 Å². The van der Waals surface area contributed by atoms with Gasteiger partial charge < -0.3 is 4.89 Å². The highest BCUT2D eigenvalue weighted by Gasteiger charge is 2.25. The van der Waals surface area contributed by atoms with Gasteiger partial charge >= 0.3 is 5.97 Å². The molecule has 0 saturated heterocycles. The summed E-state index contributed by atoms with van der Waals surface area (Å²) in [5.41, 5.74) is 1.11. The van der Waals surface area contributed by atoms with Gasteiger partial charge in [0.25, 0.3) is 0 Å². The summed E-state index contributed by atoms with van der Waals surface area (Å²) in [7, 11) is -1.88. The second kappa shape index (κ2) is 13.7. The molecule has 0 saturated carbocycles. The van der Waals surface area contributed by atoms with Gasteiger partial charge in [0.15, 0.2) is 0 Å². The molecule has 0 N–H and O–H groups in total. The van der Waals surface area contributed by atoms with Gasteiger partial charge in [-0.3, -0.25) is 4.98 Å². The Morgan fingerprint density at radius 3 is 2.67 bits per heavy atom. The third kappa shape index (κ3) is 11.8. The Morgan fingerprint density at radius 1 is 1.22 bits per heavy atom. The fourth-order valence-electron chi connectivity index (χ4n) is 2.91. The number of carbonyl (C=O) groups excluding carboxylic acids is 1. The minimum atomic E-state index is -1.88.